The molecule has 0 unspecified atom stereocenters. The fourth-order valence-electron chi connectivity index (χ4n) is 1.97. The number of aromatic nitrogens is 3. The predicted molar refractivity (Wildman–Crippen MR) is 93.5 cm³/mol. The molecule has 0 atom stereocenters. The number of hydrogen-bond acceptors (Lipinski definition) is 9. The number of nitrogens with one attached hydrogen (secondary N) is 2. The minimum absolute atomic E-state index is 0.0635. The van der Waals surface area contributed by atoms with Crippen LogP contribution in [0.15, 0.2) is 39.3 Å². The lowest BCUT2D eigenvalue weighted by atomic mass is 10.1. The lowest BCUT2D eigenvalue weighted by Gasteiger charge is -2.05. The van der Waals surface area contributed by atoms with Gasteiger partial charge in [-0.25, -0.2) is 4.72 Å². The molecule has 0 saturated heterocycles. The van der Waals surface area contributed by atoms with E-state index in [2.05, 4.69) is 25.4 Å². The van der Waals surface area contributed by atoms with Gasteiger partial charge < -0.3 is 14.6 Å². The number of nitrogens with zero attached hydrogens (tertiary/aromatic N) is 3. The van der Waals surface area contributed by atoms with E-state index < -0.39 is 10.0 Å². The lowest BCUT2D eigenvalue weighted by Crippen LogP contribution is -2.12. The molecule has 0 saturated carbocycles. The number of carbonyl (C=O) groups is 1. The number of rotatable bonds is 6. The molecule has 2 N–H and O–H groups in total. The third-order valence-corrected chi connectivity index (χ3v) is 5.65. The van der Waals surface area contributed by atoms with Crippen LogP contribution in [-0.2, 0) is 14.8 Å². The Hall–Kier alpha value is -2.99. The first kappa shape index (κ1) is 17.8. The number of methoxy groups -OCH3 is 1. The molecule has 0 fully saturated rings. The standard InChI is InChI=1S/C14H13N5O5S2/c1-8(20)16-13-17-18-14(25-13)26(21,22)19-12-11(7-15-24-12)9-3-5-10(23-2)6-4-9/h3-7,19H,1-2H3,(H,16,17,20). The molecule has 3 aromatic rings. The van der Waals surface area contributed by atoms with Crippen LogP contribution in [0.5, 0.6) is 5.75 Å². The van der Waals surface area contributed by atoms with Crippen molar-refractivity contribution in [3.05, 3.63) is 30.5 Å². The van der Waals surface area contributed by atoms with Gasteiger partial charge in [0.25, 0.3) is 14.4 Å². The molecule has 1 amide bonds. The highest BCUT2D eigenvalue weighted by Crippen LogP contribution is 2.31. The minimum atomic E-state index is -4.06. The summed E-state index contributed by atoms with van der Waals surface area (Å²) in [6.45, 7) is 1.28. The SMILES string of the molecule is COc1ccc(-c2cnoc2NS(=O)(=O)c2nnc(NC(C)=O)s2)cc1. The van der Waals surface area contributed by atoms with Gasteiger partial charge in [-0.15, -0.1) is 10.2 Å². The van der Waals surface area contributed by atoms with E-state index in [9.17, 15) is 13.2 Å². The van der Waals surface area contributed by atoms with Gasteiger partial charge in [-0.05, 0) is 17.7 Å². The van der Waals surface area contributed by atoms with Crippen LogP contribution in [0.3, 0.4) is 0 Å². The second kappa shape index (κ2) is 7.09. The zero-order chi connectivity index (χ0) is 18.7. The van der Waals surface area contributed by atoms with Crippen molar-refractivity contribution < 1.29 is 22.5 Å². The van der Waals surface area contributed by atoms with Crippen LogP contribution in [0.25, 0.3) is 11.1 Å². The number of amides is 1. The van der Waals surface area contributed by atoms with Crippen LogP contribution in [0.1, 0.15) is 6.92 Å². The number of sulfonamides is 1. The van der Waals surface area contributed by atoms with Gasteiger partial charge in [-0.1, -0.05) is 28.6 Å². The van der Waals surface area contributed by atoms with Gasteiger partial charge in [0, 0.05) is 6.92 Å². The predicted octanol–water partition coefficient (Wildman–Crippen LogP) is 1.96. The molecule has 2 aromatic heterocycles. The second-order valence-electron chi connectivity index (χ2n) is 4.96. The molecule has 1 aromatic carbocycles. The molecule has 3 rings (SSSR count). The van der Waals surface area contributed by atoms with Crippen LogP contribution in [0.4, 0.5) is 11.0 Å². The Morgan fingerprint density at radius 1 is 1.23 bits per heavy atom. The van der Waals surface area contributed by atoms with E-state index in [1.54, 1.807) is 31.4 Å². The number of anilines is 2. The molecule has 26 heavy (non-hydrogen) atoms. The van der Waals surface area contributed by atoms with Crippen molar-refractivity contribution >= 4 is 38.3 Å². The first-order valence-corrected chi connectivity index (χ1v) is 9.42. The Morgan fingerprint density at radius 3 is 2.62 bits per heavy atom. The number of ether oxygens (including phenoxy) is 1. The molecular formula is C14H13N5O5S2. The molecule has 2 heterocycles. The summed E-state index contributed by atoms with van der Waals surface area (Å²) >= 11 is 0.713. The second-order valence-corrected chi connectivity index (χ2v) is 7.79. The van der Waals surface area contributed by atoms with Crippen molar-refractivity contribution in [2.24, 2.45) is 0 Å². The van der Waals surface area contributed by atoms with E-state index in [-0.39, 0.29) is 21.3 Å². The Morgan fingerprint density at radius 2 is 1.96 bits per heavy atom. The van der Waals surface area contributed by atoms with E-state index in [4.69, 9.17) is 9.26 Å². The molecule has 12 heteroatoms. The highest BCUT2D eigenvalue weighted by atomic mass is 32.2. The number of hydrogen-bond donors (Lipinski definition) is 2. The van der Waals surface area contributed by atoms with Crippen LogP contribution in [-0.4, -0.2) is 36.8 Å². The molecule has 0 radical (unpaired) electrons. The van der Waals surface area contributed by atoms with Gasteiger partial charge in [0.15, 0.2) is 0 Å². The highest BCUT2D eigenvalue weighted by molar-refractivity contribution is 7.94. The van der Waals surface area contributed by atoms with Crippen molar-refractivity contribution in [1.29, 1.82) is 0 Å². The molecule has 0 bridgehead atoms. The monoisotopic (exact) mass is 395 g/mol. The normalized spacial score (nSPS) is 11.2. The topological polar surface area (TPSA) is 136 Å². The third-order valence-electron chi connectivity index (χ3n) is 3.12. The Bertz CT molecular complexity index is 1030. The minimum Gasteiger partial charge on any atom is -0.497 e. The summed E-state index contributed by atoms with van der Waals surface area (Å²) in [7, 11) is -2.51. The van der Waals surface area contributed by atoms with Crippen molar-refractivity contribution in [3.63, 3.8) is 0 Å². The van der Waals surface area contributed by atoms with E-state index in [0.29, 0.717) is 28.2 Å². The molecule has 0 aliphatic rings. The van der Waals surface area contributed by atoms with Gasteiger partial charge in [-0.3, -0.25) is 4.79 Å². The zero-order valence-corrected chi connectivity index (χ0v) is 15.2. The van der Waals surface area contributed by atoms with Gasteiger partial charge in [0.05, 0.1) is 18.9 Å². The number of carbonyl (C=O) groups excluding carboxylic acids is 1. The van der Waals surface area contributed by atoms with Crippen molar-refractivity contribution in [2.45, 2.75) is 11.3 Å². The maximum atomic E-state index is 12.5. The van der Waals surface area contributed by atoms with E-state index in [0.717, 1.165) is 0 Å². The average Bonchev–Trinajstić information content (AvgIpc) is 3.24. The van der Waals surface area contributed by atoms with Crippen molar-refractivity contribution in [2.75, 3.05) is 17.1 Å². The van der Waals surface area contributed by atoms with Crippen LogP contribution in [0, 0.1) is 0 Å². The molecule has 136 valence electrons. The summed E-state index contributed by atoms with van der Waals surface area (Å²) in [5.41, 5.74) is 1.13. The van der Waals surface area contributed by atoms with Crippen LogP contribution >= 0.6 is 11.3 Å². The Balaban J connectivity index is 1.85. The summed E-state index contributed by atoms with van der Waals surface area (Å²) in [5.74, 6) is 0.216. The third kappa shape index (κ3) is 3.81. The summed E-state index contributed by atoms with van der Waals surface area (Å²) < 4.78 is 37.0. The summed E-state index contributed by atoms with van der Waals surface area (Å²) in [5, 5.41) is 13.3. The number of benzene rings is 1. The molecule has 0 spiro atoms. The first-order chi connectivity index (χ1) is 12.4. The summed E-state index contributed by atoms with van der Waals surface area (Å²) in [6.07, 6.45) is 1.39. The van der Waals surface area contributed by atoms with Crippen molar-refractivity contribution in [3.8, 4) is 16.9 Å². The van der Waals surface area contributed by atoms with Crippen LogP contribution in [0.2, 0.25) is 0 Å². The van der Waals surface area contributed by atoms with Gasteiger partial charge >= 0.3 is 0 Å². The Kier molecular flexibility index (Phi) is 4.86. The zero-order valence-electron chi connectivity index (χ0n) is 13.6. The first-order valence-electron chi connectivity index (χ1n) is 7.12. The summed E-state index contributed by atoms with van der Waals surface area (Å²) in [6, 6.07) is 6.93. The maximum Gasteiger partial charge on any atom is 0.293 e. The average molecular weight is 395 g/mol. The summed E-state index contributed by atoms with van der Waals surface area (Å²) in [4.78, 5) is 11.0. The molecule has 0 aliphatic heterocycles. The largest absolute Gasteiger partial charge is 0.497 e. The van der Waals surface area contributed by atoms with Crippen LogP contribution < -0.4 is 14.8 Å². The maximum absolute atomic E-state index is 12.5. The van der Waals surface area contributed by atoms with E-state index >= 15 is 0 Å². The fourth-order valence-corrected chi connectivity index (χ4v) is 3.93. The quantitative estimate of drug-likeness (QED) is 0.605. The Labute approximate surface area is 152 Å². The lowest BCUT2D eigenvalue weighted by molar-refractivity contribution is -0.114. The molecule has 0 aliphatic carbocycles. The molecular weight excluding hydrogens is 382 g/mol. The van der Waals surface area contributed by atoms with E-state index in [1.807, 2.05) is 0 Å². The fraction of sp³-hybridized carbons (Fsp3) is 0.143. The van der Waals surface area contributed by atoms with Gasteiger partial charge in [0.2, 0.25) is 16.9 Å². The van der Waals surface area contributed by atoms with E-state index in [1.165, 1.54) is 13.1 Å². The van der Waals surface area contributed by atoms with Gasteiger partial charge in [0.1, 0.15) is 5.75 Å². The highest BCUT2D eigenvalue weighted by Gasteiger charge is 2.24. The van der Waals surface area contributed by atoms with Gasteiger partial charge in [-0.2, -0.15) is 8.42 Å². The smallest absolute Gasteiger partial charge is 0.293 e. The molecule has 10 nitrogen and oxygen atoms in total. The van der Waals surface area contributed by atoms with Crippen molar-refractivity contribution in [1.82, 2.24) is 15.4 Å².